The van der Waals surface area contributed by atoms with Crippen molar-refractivity contribution in [1.82, 2.24) is 19.9 Å². The van der Waals surface area contributed by atoms with Crippen molar-refractivity contribution < 1.29 is 0 Å². The summed E-state index contributed by atoms with van der Waals surface area (Å²) in [6.45, 7) is 9.63. The first-order chi connectivity index (χ1) is 16.9. The van der Waals surface area contributed by atoms with Gasteiger partial charge in [-0.05, 0) is 91.1 Å². The molecule has 0 saturated carbocycles. The van der Waals surface area contributed by atoms with Crippen LogP contribution < -0.4 is 10.2 Å². The van der Waals surface area contributed by atoms with E-state index < -0.39 is 0 Å². The van der Waals surface area contributed by atoms with E-state index in [1.165, 1.54) is 28.1 Å². The molecule has 1 aliphatic heterocycles. The molecule has 0 radical (unpaired) electrons. The second kappa shape index (κ2) is 9.62. The first-order valence-electron chi connectivity index (χ1n) is 12.1. The average molecular weight is 482 g/mol. The normalized spacial score (nSPS) is 17.7. The number of benzene rings is 1. The van der Waals surface area contributed by atoms with Gasteiger partial charge in [-0.3, -0.25) is 9.97 Å². The molecular weight excluding hydrogens is 450 g/mol. The number of hydrogen-bond acceptors (Lipinski definition) is 3. The van der Waals surface area contributed by atoms with Crippen LogP contribution in [-0.4, -0.2) is 19.6 Å². The molecule has 1 saturated heterocycles. The van der Waals surface area contributed by atoms with Crippen molar-refractivity contribution in [2.75, 3.05) is 4.90 Å². The Labute approximate surface area is 212 Å². The SMILES string of the molecule is Cc1cc([C@@H]2[C@@H](c3ccccn3)NC(=S)N2c2ccc(C(C)C)cc2)c(C)n1Cc1ccncc1. The first kappa shape index (κ1) is 23.2. The van der Waals surface area contributed by atoms with Crippen molar-refractivity contribution in [3.8, 4) is 0 Å². The van der Waals surface area contributed by atoms with Gasteiger partial charge in [-0.25, -0.2) is 0 Å². The number of nitrogens with one attached hydrogen (secondary N) is 1. The highest BCUT2D eigenvalue weighted by molar-refractivity contribution is 7.80. The van der Waals surface area contributed by atoms with Gasteiger partial charge in [-0.15, -0.1) is 0 Å². The molecule has 0 bridgehead atoms. The molecule has 4 heterocycles. The van der Waals surface area contributed by atoms with Crippen molar-refractivity contribution >= 4 is 23.0 Å². The number of aryl methyl sites for hydroxylation is 1. The Hall–Kier alpha value is -3.51. The van der Waals surface area contributed by atoms with E-state index in [0.717, 1.165) is 23.0 Å². The number of pyridine rings is 2. The third-order valence-electron chi connectivity index (χ3n) is 6.96. The molecule has 35 heavy (non-hydrogen) atoms. The minimum Gasteiger partial charge on any atom is -0.351 e. The summed E-state index contributed by atoms with van der Waals surface area (Å²) < 4.78 is 2.38. The molecule has 0 spiro atoms. The van der Waals surface area contributed by atoms with Crippen LogP contribution in [0.2, 0.25) is 0 Å². The topological polar surface area (TPSA) is 46.0 Å². The van der Waals surface area contributed by atoms with E-state index in [1.54, 1.807) is 0 Å². The van der Waals surface area contributed by atoms with E-state index >= 15 is 0 Å². The summed E-state index contributed by atoms with van der Waals surface area (Å²) in [4.78, 5) is 11.1. The van der Waals surface area contributed by atoms with Gasteiger partial charge in [0.2, 0.25) is 0 Å². The van der Waals surface area contributed by atoms with E-state index in [1.807, 2.05) is 30.7 Å². The van der Waals surface area contributed by atoms with Gasteiger partial charge in [0.15, 0.2) is 5.11 Å². The largest absolute Gasteiger partial charge is 0.351 e. The summed E-state index contributed by atoms with van der Waals surface area (Å²) >= 11 is 5.92. The molecule has 1 N–H and O–H groups in total. The second-order valence-corrected chi connectivity index (χ2v) is 9.90. The lowest BCUT2D eigenvalue weighted by Gasteiger charge is -2.28. The standard InChI is InChI=1S/C29H31N5S/c1-19(2)23-8-10-24(11-9-23)34-28(27(32-29(34)35)26-7-5-6-14-31-26)25-17-20(3)33(21(25)4)18-22-12-15-30-16-13-22/h5-17,19,27-28H,18H2,1-4H3,(H,32,35)/t27-,28-/m1/s1. The highest BCUT2D eigenvalue weighted by atomic mass is 32.1. The smallest absolute Gasteiger partial charge is 0.174 e. The van der Waals surface area contributed by atoms with E-state index in [-0.39, 0.29) is 12.1 Å². The van der Waals surface area contributed by atoms with Gasteiger partial charge in [0.25, 0.3) is 0 Å². The summed E-state index contributed by atoms with van der Waals surface area (Å²) in [6, 6.07) is 21.3. The molecule has 4 aromatic rings. The fourth-order valence-corrected chi connectivity index (χ4v) is 5.36. The molecule has 1 aliphatic rings. The lowest BCUT2D eigenvalue weighted by Crippen LogP contribution is -2.29. The Morgan fingerprint density at radius 1 is 0.971 bits per heavy atom. The monoisotopic (exact) mass is 481 g/mol. The summed E-state index contributed by atoms with van der Waals surface area (Å²) in [7, 11) is 0. The van der Waals surface area contributed by atoms with Crippen LogP contribution in [0.15, 0.2) is 79.3 Å². The predicted octanol–water partition coefficient (Wildman–Crippen LogP) is 6.24. The molecule has 3 aromatic heterocycles. The van der Waals surface area contributed by atoms with Crippen molar-refractivity contribution in [3.63, 3.8) is 0 Å². The zero-order valence-corrected chi connectivity index (χ0v) is 21.5. The number of anilines is 1. The number of rotatable bonds is 6. The molecule has 0 aliphatic carbocycles. The summed E-state index contributed by atoms with van der Waals surface area (Å²) in [5, 5.41) is 4.31. The van der Waals surface area contributed by atoms with Crippen LogP contribution in [0, 0.1) is 13.8 Å². The third-order valence-corrected chi connectivity index (χ3v) is 7.27. The van der Waals surface area contributed by atoms with Crippen LogP contribution in [0.3, 0.4) is 0 Å². The number of aromatic nitrogens is 3. The number of thiocarbonyl (C=S) groups is 1. The van der Waals surface area contributed by atoms with Gasteiger partial charge in [0, 0.05) is 42.2 Å². The van der Waals surface area contributed by atoms with E-state index in [2.05, 4.69) is 96.0 Å². The van der Waals surface area contributed by atoms with Crippen LogP contribution in [-0.2, 0) is 6.54 Å². The first-order valence-corrected chi connectivity index (χ1v) is 12.5. The second-order valence-electron chi connectivity index (χ2n) is 9.51. The molecule has 1 aromatic carbocycles. The van der Waals surface area contributed by atoms with Gasteiger partial charge in [-0.2, -0.15) is 0 Å². The molecule has 2 atom stereocenters. The molecule has 178 valence electrons. The number of nitrogens with zero attached hydrogens (tertiary/aromatic N) is 4. The van der Waals surface area contributed by atoms with Gasteiger partial charge in [0.1, 0.15) is 0 Å². The minimum absolute atomic E-state index is 0.0142. The maximum atomic E-state index is 5.92. The quantitative estimate of drug-likeness (QED) is 0.330. The van der Waals surface area contributed by atoms with Gasteiger partial charge >= 0.3 is 0 Å². The molecule has 1 fully saturated rings. The Morgan fingerprint density at radius 2 is 1.71 bits per heavy atom. The van der Waals surface area contributed by atoms with Crippen LogP contribution in [0.1, 0.15) is 65.6 Å². The lowest BCUT2D eigenvalue weighted by molar-refractivity contribution is 0.563. The average Bonchev–Trinajstić information content (AvgIpc) is 3.36. The van der Waals surface area contributed by atoms with Crippen molar-refractivity contribution in [3.05, 3.63) is 113 Å². The molecule has 5 nitrogen and oxygen atoms in total. The van der Waals surface area contributed by atoms with Crippen LogP contribution in [0.25, 0.3) is 0 Å². The fourth-order valence-electron chi connectivity index (χ4n) is 5.01. The highest BCUT2D eigenvalue weighted by Crippen LogP contribution is 2.43. The zero-order chi connectivity index (χ0) is 24.5. The Kier molecular flexibility index (Phi) is 6.39. The lowest BCUT2D eigenvalue weighted by atomic mass is 9.96. The Morgan fingerprint density at radius 3 is 2.37 bits per heavy atom. The van der Waals surface area contributed by atoms with Gasteiger partial charge < -0.3 is 14.8 Å². The molecule has 0 amide bonds. The maximum absolute atomic E-state index is 5.92. The highest BCUT2D eigenvalue weighted by Gasteiger charge is 2.42. The summed E-state index contributed by atoms with van der Waals surface area (Å²) in [5.74, 6) is 0.483. The Bertz CT molecular complexity index is 1310. The van der Waals surface area contributed by atoms with Crippen LogP contribution in [0.5, 0.6) is 0 Å². The maximum Gasteiger partial charge on any atom is 0.174 e. The van der Waals surface area contributed by atoms with Crippen LogP contribution in [0.4, 0.5) is 5.69 Å². The van der Waals surface area contributed by atoms with Crippen molar-refractivity contribution in [1.29, 1.82) is 0 Å². The Balaban J connectivity index is 1.60. The molecular formula is C29H31N5S. The van der Waals surface area contributed by atoms with Gasteiger partial charge in [0.05, 0.1) is 17.8 Å². The fraction of sp³-hybridized carbons (Fsp3) is 0.276. The van der Waals surface area contributed by atoms with E-state index in [9.17, 15) is 0 Å². The third kappa shape index (κ3) is 4.46. The van der Waals surface area contributed by atoms with Crippen molar-refractivity contribution in [2.24, 2.45) is 0 Å². The number of hydrogen-bond donors (Lipinski definition) is 1. The van der Waals surface area contributed by atoms with E-state index in [4.69, 9.17) is 17.2 Å². The molecule has 0 unspecified atom stereocenters. The molecule has 5 rings (SSSR count). The van der Waals surface area contributed by atoms with E-state index in [0.29, 0.717) is 5.92 Å². The van der Waals surface area contributed by atoms with Crippen LogP contribution >= 0.6 is 12.2 Å². The molecule has 6 heteroatoms. The summed E-state index contributed by atoms with van der Waals surface area (Å²) in [5.41, 5.74) is 8.35. The van der Waals surface area contributed by atoms with Crippen molar-refractivity contribution in [2.45, 2.75) is 52.2 Å². The van der Waals surface area contributed by atoms with Gasteiger partial charge in [-0.1, -0.05) is 32.0 Å². The summed E-state index contributed by atoms with van der Waals surface area (Å²) in [6.07, 6.45) is 5.55. The zero-order valence-electron chi connectivity index (χ0n) is 20.6. The predicted molar refractivity (Wildman–Crippen MR) is 146 cm³/mol. The minimum atomic E-state index is -0.0525.